The number of carbonyl (C=O) groups is 1. The molecule has 0 spiro atoms. The van der Waals surface area contributed by atoms with Gasteiger partial charge in [0.15, 0.2) is 5.78 Å². The van der Waals surface area contributed by atoms with Crippen molar-refractivity contribution in [3.63, 3.8) is 0 Å². The summed E-state index contributed by atoms with van der Waals surface area (Å²) in [6.45, 7) is 0.359. The van der Waals surface area contributed by atoms with Crippen molar-refractivity contribution in [2.24, 2.45) is 5.10 Å². The molecule has 1 atom stereocenters. The van der Waals surface area contributed by atoms with Gasteiger partial charge in [0.05, 0.1) is 5.88 Å². The number of hydrogen-bond donors (Lipinski definition) is 0. The molecule has 1 heterocycles. The van der Waals surface area contributed by atoms with Gasteiger partial charge in [0.2, 0.25) is 0 Å². The van der Waals surface area contributed by atoms with Gasteiger partial charge in [-0.25, -0.2) is 0 Å². The Morgan fingerprint density at radius 3 is 2.65 bits per heavy atom. The Labute approximate surface area is 110 Å². The molecular formula is C11H11Cl2N3O. The summed E-state index contributed by atoms with van der Waals surface area (Å²) in [4.78, 5) is 12.2. The predicted octanol–water partition coefficient (Wildman–Crippen LogP) is 2.15. The molecule has 0 aliphatic carbocycles. The first-order chi connectivity index (χ1) is 8.22. The lowest BCUT2D eigenvalue weighted by molar-refractivity contribution is 0.0843. The van der Waals surface area contributed by atoms with Crippen LogP contribution in [0.4, 0.5) is 0 Å². The Morgan fingerprint density at radius 2 is 2.12 bits per heavy atom. The highest BCUT2D eigenvalue weighted by atomic mass is 35.5. The molecule has 0 aromatic heterocycles. The van der Waals surface area contributed by atoms with Gasteiger partial charge in [-0.15, -0.1) is 11.6 Å². The Morgan fingerprint density at radius 1 is 1.41 bits per heavy atom. The predicted molar refractivity (Wildman–Crippen MR) is 68.2 cm³/mol. The highest BCUT2D eigenvalue weighted by Gasteiger charge is 2.28. The van der Waals surface area contributed by atoms with E-state index in [9.17, 15) is 4.79 Å². The fourth-order valence-corrected chi connectivity index (χ4v) is 2.04. The second-order valence-electron chi connectivity index (χ2n) is 3.61. The standard InChI is InChI=1S/C11H11Cl2N3O/c12-6-10(16-8-15(13)7-14-16)11(17)9-4-2-1-3-5-9/h1-5,7,10H,6,8H2. The van der Waals surface area contributed by atoms with Crippen LogP contribution in [0.25, 0.3) is 0 Å². The quantitative estimate of drug-likeness (QED) is 0.478. The lowest BCUT2D eigenvalue weighted by Crippen LogP contribution is -2.39. The highest BCUT2D eigenvalue weighted by molar-refractivity contribution is 6.21. The number of ketones is 1. The normalized spacial score (nSPS) is 16.4. The molecule has 0 saturated carbocycles. The van der Waals surface area contributed by atoms with Crippen LogP contribution in [-0.4, -0.2) is 40.1 Å². The summed E-state index contributed by atoms with van der Waals surface area (Å²) >= 11 is 11.6. The molecule has 0 saturated heterocycles. The van der Waals surface area contributed by atoms with Gasteiger partial charge in [-0.1, -0.05) is 30.3 Å². The first-order valence-electron chi connectivity index (χ1n) is 5.11. The fraction of sp³-hybridized carbons (Fsp3) is 0.273. The summed E-state index contributed by atoms with van der Waals surface area (Å²) in [5.74, 6) is 0.125. The molecule has 0 amide bonds. The molecule has 0 fully saturated rings. The van der Waals surface area contributed by atoms with E-state index in [0.29, 0.717) is 12.2 Å². The van der Waals surface area contributed by atoms with Crippen LogP contribution in [0.3, 0.4) is 0 Å². The van der Waals surface area contributed by atoms with Gasteiger partial charge in [0.25, 0.3) is 0 Å². The molecule has 17 heavy (non-hydrogen) atoms. The maximum atomic E-state index is 12.2. The average molecular weight is 272 g/mol. The van der Waals surface area contributed by atoms with Gasteiger partial charge < -0.3 is 0 Å². The maximum Gasteiger partial charge on any atom is 0.188 e. The summed E-state index contributed by atoms with van der Waals surface area (Å²) in [6, 6.07) is 8.54. The van der Waals surface area contributed by atoms with E-state index in [1.165, 1.54) is 10.8 Å². The average Bonchev–Trinajstić information content (AvgIpc) is 2.78. The lowest BCUT2D eigenvalue weighted by Gasteiger charge is -2.23. The molecule has 4 nitrogen and oxygen atoms in total. The third-order valence-electron chi connectivity index (χ3n) is 2.47. The number of alkyl halides is 1. The van der Waals surface area contributed by atoms with E-state index in [-0.39, 0.29) is 11.7 Å². The van der Waals surface area contributed by atoms with Gasteiger partial charge in [0, 0.05) is 17.3 Å². The molecule has 0 N–H and O–H groups in total. The maximum absolute atomic E-state index is 12.2. The van der Waals surface area contributed by atoms with Crippen LogP contribution in [-0.2, 0) is 0 Å². The minimum Gasteiger partial charge on any atom is -0.292 e. The molecule has 1 unspecified atom stereocenters. The molecule has 1 aromatic carbocycles. The molecular weight excluding hydrogens is 261 g/mol. The lowest BCUT2D eigenvalue weighted by atomic mass is 10.1. The molecule has 1 aliphatic heterocycles. The van der Waals surface area contributed by atoms with Crippen molar-refractivity contribution in [1.29, 1.82) is 0 Å². The van der Waals surface area contributed by atoms with Crippen LogP contribution in [0.15, 0.2) is 35.4 Å². The van der Waals surface area contributed by atoms with Crippen molar-refractivity contribution in [1.82, 2.24) is 9.43 Å². The van der Waals surface area contributed by atoms with Crippen molar-refractivity contribution in [3.05, 3.63) is 35.9 Å². The summed E-state index contributed by atoms with van der Waals surface area (Å²) in [7, 11) is 0. The van der Waals surface area contributed by atoms with Crippen LogP contribution >= 0.6 is 23.4 Å². The number of nitrogens with zero attached hydrogens (tertiary/aromatic N) is 3. The zero-order valence-electron chi connectivity index (χ0n) is 8.96. The third-order valence-corrected chi connectivity index (χ3v) is 2.96. The Kier molecular flexibility index (Phi) is 3.86. The smallest absolute Gasteiger partial charge is 0.188 e. The largest absolute Gasteiger partial charge is 0.292 e. The van der Waals surface area contributed by atoms with Crippen molar-refractivity contribution >= 4 is 35.5 Å². The second kappa shape index (κ2) is 5.38. The van der Waals surface area contributed by atoms with Crippen LogP contribution < -0.4 is 0 Å². The molecule has 1 aliphatic rings. The molecule has 2 rings (SSSR count). The van der Waals surface area contributed by atoms with E-state index in [1.54, 1.807) is 17.1 Å². The zero-order chi connectivity index (χ0) is 12.3. The summed E-state index contributed by atoms with van der Waals surface area (Å²) in [6.07, 6.45) is 1.46. The van der Waals surface area contributed by atoms with Crippen LogP contribution in [0.1, 0.15) is 10.4 Å². The zero-order valence-corrected chi connectivity index (χ0v) is 10.5. The second-order valence-corrected chi connectivity index (χ2v) is 4.35. The van der Waals surface area contributed by atoms with Crippen molar-refractivity contribution in [3.8, 4) is 0 Å². The van der Waals surface area contributed by atoms with Gasteiger partial charge >= 0.3 is 0 Å². The SMILES string of the molecule is O=C(c1ccccc1)C(CCl)N1CN(Cl)C=N1. The number of hydrazone groups is 1. The Hall–Kier alpha value is -1.26. The summed E-state index contributed by atoms with van der Waals surface area (Å²) in [5, 5.41) is 5.61. The number of rotatable bonds is 4. The van der Waals surface area contributed by atoms with Gasteiger partial charge in [-0.05, 0) is 0 Å². The van der Waals surface area contributed by atoms with Crippen molar-refractivity contribution < 1.29 is 4.79 Å². The van der Waals surface area contributed by atoms with Crippen molar-refractivity contribution in [2.45, 2.75) is 6.04 Å². The first kappa shape index (κ1) is 12.2. The number of carbonyl (C=O) groups excluding carboxylic acids is 1. The molecule has 0 radical (unpaired) electrons. The number of Topliss-reactive ketones (excluding diaryl/α,β-unsaturated/α-hetero) is 1. The van der Waals surface area contributed by atoms with Gasteiger partial charge in [-0.2, -0.15) is 5.10 Å². The minimum absolute atomic E-state index is 0.0512. The topological polar surface area (TPSA) is 35.9 Å². The third kappa shape index (κ3) is 2.70. The van der Waals surface area contributed by atoms with E-state index >= 15 is 0 Å². The van der Waals surface area contributed by atoms with E-state index < -0.39 is 6.04 Å². The molecule has 1 aromatic rings. The van der Waals surface area contributed by atoms with E-state index in [2.05, 4.69) is 5.10 Å². The number of halogens is 2. The van der Waals surface area contributed by atoms with Crippen molar-refractivity contribution in [2.75, 3.05) is 12.5 Å². The Bertz CT molecular complexity index is 424. The van der Waals surface area contributed by atoms with Gasteiger partial charge in [0.1, 0.15) is 19.0 Å². The fourth-order valence-electron chi connectivity index (χ4n) is 1.59. The minimum atomic E-state index is -0.487. The van der Waals surface area contributed by atoms with E-state index in [0.717, 1.165) is 0 Å². The first-order valence-corrected chi connectivity index (χ1v) is 5.98. The van der Waals surface area contributed by atoms with E-state index in [4.69, 9.17) is 23.4 Å². The van der Waals surface area contributed by atoms with E-state index in [1.807, 2.05) is 18.2 Å². The molecule has 6 heteroatoms. The molecule has 90 valence electrons. The van der Waals surface area contributed by atoms with Crippen LogP contribution in [0, 0.1) is 0 Å². The Balaban J connectivity index is 2.14. The van der Waals surface area contributed by atoms with Crippen LogP contribution in [0.5, 0.6) is 0 Å². The molecule has 0 bridgehead atoms. The number of hydrogen-bond acceptors (Lipinski definition) is 4. The van der Waals surface area contributed by atoms with Gasteiger partial charge in [-0.3, -0.25) is 14.2 Å². The monoisotopic (exact) mass is 271 g/mol. The summed E-state index contributed by atoms with van der Waals surface area (Å²) < 4.78 is 1.37. The number of benzene rings is 1. The summed E-state index contributed by atoms with van der Waals surface area (Å²) in [5.41, 5.74) is 0.626. The highest BCUT2D eigenvalue weighted by Crippen LogP contribution is 2.15. The van der Waals surface area contributed by atoms with Crippen LogP contribution in [0.2, 0.25) is 0 Å².